The fourth-order valence-electron chi connectivity index (χ4n) is 1.51. The Kier molecular flexibility index (Phi) is 5.35. The molecule has 0 saturated heterocycles. The first kappa shape index (κ1) is 14.2. The summed E-state index contributed by atoms with van der Waals surface area (Å²) in [5.41, 5.74) is 0. The maximum Gasteiger partial charge on any atom is 0.325 e. The van der Waals surface area contributed by atoms with Crippen molar-refractivity contribution in [2.75, 3.05) is 31.7 Å². The van der Waals surface area contributed by atoms with Gasteiger partial charge in [0.15, 0.2) is 0 Å². The number of nitrogens with zero attached hydrogens (tertiary/aromatic N) is 3. The average Bonchev–Trinajstić information content (AvgIpc) is 2.35. The number of rotatable bonds is 6. The molecule has 18 heavy (non-hydrogen) atoms. The van der Waals surface area contributed by atoms with Gasteiger partial charge >= 0.3 is 5.97 Å². The standard InChI is InChI=1S/C12H19N3O3/c1-5-15(8-12(16)18-6-2)10-7-11(17-4)14-9(3)13-10/h7H,5-6,8H2,1-4H3. The smallest absolute Gasteiger partial charge is 0.325 e. The van der Waals surface area contributed by atoms with Crippen LogP contribution in [0.5, 0.6) is 5.88 Å². The number of esters is 1. The van der Waals surface area contributed by atoms with Gasteiger partial charge in [-0.3, -0.25) is 4.79 Å². The second-order valence-electron chi connectivity index (χ2n) is 3.63. The minimum Gasteiger partial charge on any atom is -0.481 e. The lowest BCUT2D eigenvalue weighted by Crippen LogP contribution is -2.31. The van der Waals surface area contributed by atoms with E-state index in [2.05, 4.69) is 9.97 Å². The predicted molar refractivity (Wildman–Crippen MR) is 67.8 cm³/mol. The van der Waals surface area contributed by atoms with Crippen molar-refractivity contribution in [2.24, 2.45) is 0 Å². The van der Waals surface area contributed by atoms with Crippen LogP contribution in [0.1, 0.15) is 19.7 Å². The van der Waals surface area contributed by atoms with Crippen molar-refractivity contribution in [3.8, 4) is 5.88 Å². The Morgan fingerprint density at radius 2 is 2.11 bits per heavy atom. The molecule has 0 saturated carbocycles. The number of carbonyl (C=O) groups excluding carboxylic acids is 1. The van der Waals surface area contributed by atoms with Gasteiger partial charge in [-0.15, -0.1) is 0 Å². The van der Waals surface area contributed by atoms with E-state index < -0.39 is 0 Å². The van der Waals surface area contributed by atoms with Crippen LogP contribution in [-0.4, -0.2) is 42.7 Å². The summed E-state index contributed by atoms with van der Waals surface area (Å²) in [5.74, 6) is 1.48. The van der Waals surface area contributed by atoms with Gasteiger partial charge in [0.25, 0.3) is 0 Å². The number of ether oxygens (including phenoxy) is 2. The van der Waals surface area contributed by atoms with Gasteiger partial charge in [0.05, 0.1) is 13.7 Å². The molecule has 0 amide bonds. The van der Waals surface area contributed by atoms with E-state index in [-0.39, 0.29) is 12.5 Å². The molecule has 6 heteroatoms. The predicted octanol–water partition coefficient (Wildman–Crippen LogP) is 1.18. The minimum absolute atomic E-state index is 0.171. The Hall–Kier alpha value is -1.85. The zero-order valence-electron chi connectivity index (χ0n) is 11.3. The first-order chi connectivity index (χ1) is 8.60. The first-order valence-electron chi connectivity index (χ1n) is 5.90. The molecule has 0 radical (unpaired) electrons. The number of aryl methyl sites for hydroxylation is 1. The molecule has 0 atom stereocenters. The van der Waals surface area contributed by atoms with Gasteiger partial charge in [0.1, 0.15) is 18.2 Å². The van der Waals surface area contributed by atoms with Crippen LogP contribution in [0.15, 0.2) is 6.07 Å². The summed E-state index contributed by atoms with van der Waals surface area (Å²) in [6.07, 6.45) is 0. The summed E-state index contributed by atoms with van der Waals surface area (Å²) in [6.45, 7) is 6.71. The van der Waals surface area contributed by atoms with Crippen LogP contribution < -0.4 is 9.64 Å². The van der Waals surface area contributed by atoms with Crippen LogP contribution in [0.3, 0.4) is 0 Å². The van der Waals surface area contributed by atoms with Crippen LogP contribution in [0, 0.1) is 6.92 Å². The number of likely N-dealkylation sites (N-methyl/N-ethyl adjacent to an activating group) is 1. The van der Waals surface area contributed by atoms with E-state index in [1.165, 1.54) is 0 Å². The molecular weight excluding hydrogens is 234 g/mol. The normalized spacial score (nSPS) is 10.0. The molecule has 1 aromatic rings. The maximum absolute atomic E-state index is 11.5. The second-order valence-corrected chi connectivity index (χ2v) is 3.63. The summed E-state index contributed by atoms with van der Waals surface area (Å²) >= 11 is 0. The highest BCUT2D eigenvalue weighted by molar-refractivity contribution is 5.75. The molecule has 1 heterocycles. The second kappa shape index (κ2) is 6.78. The molecule has 6 nitrogen and oxygen atoms in total. The largest absolute Gasteiger partial charge is 0.481 e. The summed E-state index contributed by atoms with van der Waals surface area (Å²) in [7, 11) is 1.55. The summed E-state index contributed by atoms with van der Waals surface area (Å²) in [5, 5.41) is 0. The molecule has 1 aromatic heterocycles. The molecule has 0 aliphatic carbocycles. The monoisotopic (exact) mass is 253 g/mol. The van der Waals surface area contributed by atoms with Crippen LogP contribution in [0.25, 0.3) is 0 Å². The van der Waals surface area contributed by atoms with Crippen LogP contribution in [0.2, 0.25) is 0 Å². The van der Waals surface area contributed by atoms with Crippen molar-refractivity contribution in [1.29, 1.82) is 0 Å². The highest BCUT2D eigenvalue weighted by atomic mass is 16.5. The molecule has 0 fully saturated rings. The van der Waals surface area contributed by atoms with E-state index in [1.54, 1.807) is 27.0 Å². The fraction of sp³-hybridized carbons (Fsp3) is 0.583. The summed E-state index contributed by atoms with van der Waals surface area (Å²) in [4.78, 5) is 21.7. The number of aromatic nitrogens is 2. The van der Waals surface area contributed by atoms with Crippen molar-refractivity contribution in [2.45, 2.75) is 20.8 Å². The average molecular weight is 253 g/mol. The van der Waals surface area contributed by atoms with Gasteiger partial charge in [-0.2, -0.15) is 4.98 Å². The number of methoxy groups -OCH3 is 1. The van der Waals surface area contributed by atoms with Crippen LogP contribution >= 0.6 is 0 Å². The third kappa shape index (κ3) is 3.87. The van der Waals surface area contributed by atoms with E-state index >= 15 is 0 Å². The van der Waals surface area contributed by atoms with Gasteiger partial charge in [0, 0.05) is 12.6 Å². The van der Waals surface area contributed by atoms with Crippen molar-refractivity contribution in [1.82, 2.24) is 9.97 Å². The molecule has 0 N–H and O–H groups in total. The van der Waals surface area contributed by atoms with Crippen molar-refractivity contribution in [3.63, 3.8) is 0 Å². The van der Waals surface area contributed by atoms with Crippen LogP contribution in [-0.2, 0) is 9.53 Å². The Morgan fingerprint density at radius 3 is 2.67 bits per heavy atom. The molecule has 0 aliphatic heterocycles. The van der Waals surface area contributed by atoms with Gasteiger partial charge < -0.3 is 14.4 Å². The van der Waals surface area contributed by atoms with E-state index in [0.29, 0.717) is 30.7 Å². The van der Waals surface area contributed by atoms with Crippen molar-refractivity contribution < 1.29 is 14.3 Å². The molecular formula is C12H19N3O3. The summed E-state index contributed by atoms with van der Waals surface area (Å²) < 4.78 is 10.0. The molecule has 0 spiro atoms. The Bertz CT molecular complexity index is 410. The topological polar surface area (TPSA) is 64.5 Å². The summed E-state index contributed by atoms with van der Waals surface area (Å²) in [6, 6.07) is 1.70. The Balaban J connectivity index is 2.87. The number of hydrogen-bond acceptors (Lipinski definition) is 6. The van der Waals surface area contributed by atoms with Gasteiger partial charge in [-0.1, -0.05) is 0 Å². The van der Waals surface area contributed by atoms with E-state index in [0.717, 1.165) is 0 Å². The molecule has 0 aliphatic rings. The zero-order valence-corrected chi connectivity index (χ0v) is 11.3. The van der Waals surface area contributed by atoms with Crippen molar-refractivity contribution >= 4 is 11.8 Å². The zero-order chi connectivity index (χ0) is 13.5. The fourth-order valence-corrected chi connectivity index (χ4v) is 1.51. The molecule has 0 unspecified atom stereocenters. The quantitative estimate of drug-likeness (QED) is 0.709. The highest BCUT2D eigenvalue weighted by Gasteiger charge is 2.13. The lowest BCUT2D eigenvalue weighted by atomic mass is 10.4. The SMILES string of the molecule is CCOC(=O)CN(CC)c1cc(OC)nc(C)n1. The van der Waals surface area contributed by atoms with Gasteiger partial charge in [-0.05, 0) is 20.8 Å². The molecule has 0 aromatic carbocycles. The van der Waals surface area contributed by atoms with Gasteiger partial charge in [-0.25, -0.2) is 4.98 Å². The Morgan fingerprint density at radius 1 is 1.39 bits per heavy atom. The lowest BCUT2D eigenvalue weighted by Gasteiger charge is -2.21. The molecule has 0 bridgehead atoms. The van der Waals surface area contributed by atoms with Gasteiger partial charge in [0.2, 0.25) is 5.88 Å². The third-order valence-electron chi connectivity index (χ3n) is 2.34. The molecule has 1 rings (SSSR count). The van der Waals surface area contributed by atoms with E-state index in [4.69, 9.17) is 9.47 Å². The van der Waals surface area contributed by atoms with E-state index in [9.17, 15) is 4.79 Å². The van der Waals surface area contributed by atoms with Crippen molar-refractivity contribution in [3.05, 3.63) is 11.9 Å². The maximum atomic E-state index is 11.5. The lowest BCUT2D eigenvalue weighted by molar-refractivity contribution is -0.141. The van der Waals surface area contributed by atoms with Crippen LogP contribution in [0.4, 0.5) is 5.82 Å². The number of anilines is 1. The molecule has 100 valence electrons. The highest BCUT2D eigenvalue weighted by Crippen LogP contribution is 2.16. The first-order valence-corrected chi connectivity index (χ1v) is 5.90. The minimum atomic E-state index is -0.269. The number of carbonyl (C=O) groups is 1. The Labute approximate surface area is 107 Å². The van der Waals surface area contributed by atoms with E-state index in [1.807, 2.05) is 11.8 Å². The third-order valence-corrected chi connectivity index (χ3v) is 2.34. The number of hydrogen-bond donors (Lipinski definition) is 0.